The Labute approximate surface area is 141 Å². The summed E-state index contributed by atoms with van der Waals surface area (Å²) in [6.45, 7) is 5.80. The van der Waals surface area contributed by atoms with Crippen LogP contribution in [0.4, 0.5) is 11.6 Å². The van der Waals surface area contributed by atoms with Crippen molar-refractivity contribution in [1.29, 1.82) is 0 Å². The molecule has 1 aromatic heterocycles. The fourth-order valence-corrected chi connectivity index (χ4v) is 2.86. The average molecular weight is 330 g/mol. The quantitative estimate of drug-likeness (QED) is 0.745. The van der Waals surface area contributed by atoms with Crippen LogP contribution < -0.4 is 9.80 Å². The van der Waals surface area contributed by atoms with Gasteiger partial charge in [0, 0.05) is 38.9 Å². The molecule has 128 valence electrons. The van der Waals surface area contributed by atoms with Crippen molar-refractivity contribution in [1.82, 2.24) is 20.2 Å². The van der Waals surface area contributed by atoms with Crippen LogP contribution in [0.2, 0.25) is 0 Å². The summed E-state index contributed by atoms with van der Waals surface area (Å²) in [6.07, 6.45) is 0.320. The molecule has 2 aromatic rings. The minimum atomic E-state index is -0.184. The number of nitrogens with zero attached hydrogens (tertiary/aromatic N) is 6. The van der Waals surface area contributed by atoms with E-state index in [1.165, 1.54) is 5.69 Å². The van der Waals surface area contributed by atoms with Crippen molar-refractivity contribution in [3.8, 4) is 0 Å². The molecular weight excluding hydrogens is 308 g/mol. The zero-order valence-corrected chi connectivity index (χ0v) is 14.1. The number of aryl methyl sites for hydroxylation is 1. The van der Waals surface area contributed by atoms with Crippen molar-refractivity contribution in [2.75, 3.05) is 42.6 Å². The fraction of sp³-hybridized carbons (Fsp3) is 0.500. The van der Waals surface area contributed by atoms with Crippen LogP contribution in [0.3, 0.4) is 0 Å². The van der Waals surface area contributed by atoms with Gasteiger partial charge < -0.3 is 14.5 Å². The highest BCUT2D eigenvalue weighted by Crippen LogP contribution is 2.19. The summed E-state index contributed by atoms with van der Waals surface area (Å²) in [5, 5.41) is 11.6. The van der Waals surface area contributed by atoms with Gasteiger partial charge >= 0.3 is 5.97 Å². The molecule has 0 aliphatic carbocycles. The molecule has 1 saturated heterocycles. The van der Waals surface area contributed by atoms with Gasteiger partial charge in [-0.2, -0.15) is 0 Å². The van der Waals surface area contributed by atoms with E-state index in [9.17, 15) is 4.79 Å². The summed E-state index contributed by atoms with van der Waals surface area (Å²) in [5.74, 6) is 0.621. The summed E-state index contributed by atoms with van der Waals surface area (Å²) in [5.41, 5.74) is 2.14. The van der Waals surface area contributed by atoms with Crippen LogP contribution in [-0.2, 0) is 23.0 Å². The van der Waals surface area contributed by atoms with Gasteiger partial charge in [-0.3, -0.25) is 4.79 Å². The Balaban J connectivity index is 1.56. The second kappa shape index (κ2) is 7.29. The highest BCUT2D eigenvalue weighted by Gasteiger charge is 2.20. The van der Waals surface area contributed by atoms with Crippen molar-refractivity contribution in [3.63, 3.8) is 0 Å². The van der Waals surface area contributed by atoms with Crippen LogP contribution >= 0.6 is 0 Å². The van der Waals surface area contributed by atoms with E-state index in [2.05, 4.69) is 37.5 Å². The van der Waals surface area contributed by atoms with Gasteiger partial charge in [-0.05, 0) is 35.0 Å². The summed E-state index contributed by atoms with van der Waals surface area (Å²) in [6, 6.07) is 8.11. The molecule has 0 atom stereocenters. The lowest BCUT2D eigenvalue weighted by molar-refractivity contribution is -0.142. The van der Waals surface area contributed by atoms with Gasteiger partial charge in [-0.1, -0.05) is 17.2 Å². The van der Waals surface area contributed by atoms with Crippen LogP contribution in [0, 0.1) is 0 Å². The number of carbonyl (C=O) groups is 1. The molecule has 1 aliphatic rings. The second-order valence-electron chi connectivity index (χ2n) is 5.72. The third-order valence-electron chi connectivity index (χ3n) is 4.12. The fourth-order valence-electron chi connectivity index (χ4n) is 2.86. The summed E-state index contributed by atoms with van der Waals surface area (Å²) < 4.78 is 6.67. The van der Waals surface area contributed by atoms with Gasteiger partial charge in [-0.25, -0.2) is 4.68 Å². The Kier molecular flexibility index (Phi) is 4.93. The minimum Gasteiger partial charge on any atom is -0.466 e. The standard InChI is InChI=1S/C16H22N6O2/c1-3-24-15(23)12-13-4-6-14(7-5-13)21-8-10-22(11-9-21)16-17-18-19-20(16)2/h4-7H,3,8-12H2,1-2H3. The largest absolute Gasteiger partial charge is 0.466 e. The number of hydrogen-bond donors (Lipinski definition) is 0. The molecule has 24 heavy (non-hydrogen) atoms. The zero-order chi connectivity index (χ0) is 16.9. The number of tetrazole rings is 1. The average Bonchev–Trinajstić information content (AvgIpc) is 3.02. The maximum Gasteiger partial charge on any atom is 0.310 e. The number of hydrogen-bond acceptors (Lipinski definition) is 7. The van der Waals surface area contributed by atoms with Gasteiger partial charge in [0.25, 0.3) is 0 Å². The maximum absolute atomic E-state index is 11.5. The van der Waals surface area contributed by atoms with Crippen LogP contribution in [0.1, 0.15) is 12.5 Å². The van der Waals surface area contributed by atoms with Crippen molar-refractivity contribution in [3.05, 3.63) is 29.8 Å². The van der Waals surface area contributed by atoms with Crippen molar-refractivity contribution < 1.29 is 9.53 Å². The lowest BCUT2D eigenvalue weighted by atomic mass is 10.1. The molecule has 1 aromatic carbocycles. The molecule has 2 heterocycles. The predicted octanol–water partition coefficient (Wildman–Crippen LogP) is 0.642. The number of rotatable bonds is 5. The number of benzene rings is 1. The molecule has 0 spiro atoms. The van der Waals surface area contributed by atoms with Crippen LogP contribution in [0.25, 0.3) is 0 Å². The first-order valence-electron chi connectivity index (χ1n) is 8.14. The number of piperazine rings is 1. The molecule has 0 amide bonds. The van der Waals surface area contributed by atoms with E-state index in [1.54, 1.807) is 4.68 Å². The first kappa shape index (κ1) is 16.2. The zero-order valence-electron chi connectivity index (χ0n) is 14.1. The van der Waals surface area contributed by atoms with Gasteiger partial charge in [0.15, 0.2) is 0 Å². The Bertz CT molecular complexity index is 676. The van der Waals surface area contributed by atoms with Crippen molar-refractivity contribution in [2.24, 2.45) is 7.05 Å². The molecule has 0 saturated carbocycles. The Morgan fingerprint density at radius 1 is 1.12 bits per heavy atom. The maximum atomic E-state index is 11.5. The molecule has 8 heteroatoms. The Hall–Kier alpha value is -2.64. The lowest BCUT2D eigenvalue weighted by Crippen LogP contribution is -2.47. The SMILES string of the molecule is CCOC(=O)Cc1ccc(N2CCN(c3nnnn3C)CC2)cc1. The van der Waals surface area contributed by atoms with E-state index in [1.807, 2.05) is 26.1 Å². The normalized spacial score (nSPS) is 14.8. The van der Waals surface area contributed by atoms with E-state index in [0.29, 0.717) is 13.0 Å². The molecule has 1 fully saturated rings. The first-order valence-corrected chi connectivity index (χ1v) is 8.14. The molecule has 0 unspecified atom stereocenters. The van der Waals surface area contributed by atoms with Crippen LogP contribution in [-0.4, -0.2) is 59.0 Å². The Morgan fingerprint density at radius 3 is 2.38 bits per heavy atom. The molecule has 0 bridgehead atoms. The van der Waals surface area contributed by atoms with Crippen LogP contribution in [0.15, 0.2) is 24.3 Å². The van der Waals surface area contributed by atoms with E-state index < -0.39 is 0 Å². The number of aromatic nitrogens is 4. The molecule has 0 N–H and O–H groups in total. The lowest BCUT2D eigenvalue weighted by Gasteiger charge is -2.36. The monoisotopic (exact) mass is 330 g/mol. The molecule has 3 rings (SSSR count). The minimum absolute atomic E-state index is 0.184. The smallest absolute Gasteiger partial charge is 0.310 e. The summed E-state index contributed by atoms with van der Waals surface area (Å²) in [7, 11) is 1.85. The molecule has 8 nitrogen and oxygen atoms in total. The predicted molar refractivity (Wildman–Crippen MR) is 90.0 cm³/mol. The topological polar surface area (TPSA) is 76.4 Å². The van der Waals surface area contributed by atoms with E-state index in [0.717, 1.165) is 37.7 Å². The highest BCUT2D eigenvalue weighted by molar-refractivity contribution is 5.72. The Morgan fingerprint density at radius 2 is 1.79 bits per heavy atom. The van der Waals surface area contributed by atoms with E-state index in [-0.39, 0.29) is 5.97 Å². The third-order valence-corrected chi connectivity index (χ3v) is 4.12. The summed E-state index contributed by atoms with van der Waals surface area (Å²) in [4.78, 5) is 16.0. The summed E-state index contributed by atoms with van der Waals surface area (Å²) >= 11 is 0. The number of anilines is 2. The van der Waals surface area contributed by atoms with Gasteiger partial charge in [-0.15, -0.1) is 0 Å². The highest BCUT2D eigenvalue weighted by atomic mass is 16.5. The first-order chi connectivity index (χ1) is 11.7. The third kappa shape index (κ3) is 3.64. The number of carbonyl (C=O) groups excluding carboxylic acids is 1. The van der Waals surface area contributed by atoms with E-state index >= 15 is 0 Å². The van der Waals surface area contributed by atoms with Crippen molar-refractivity contribution in [2.45, 2.75) is 13.3 Å². The molecular formula is C16H22N6O2. The van der Waals surface area contributed by atoms with Gasteiger partial charge in [0.05, 0.1) is 13.0 Å². The number of ether oxygens (including phenoxy) is 1. The second-order valence-corrected chi connectivity index (χ2v) is 5.72. The number of esters is 1. The van der Waals surface area contributed by atoms with Crippen molar-refractivity contribution >= 4 is 17.6 Å². The van der Waals surface area contributed by atoms with E-state index in [4.69, 9.17) is 4.74 Å². The van der Waals surface area contributed by atoms with Crippen LogP contribution in [0.5, 0.6) is 0 Å². The molecule has 0 radical (unpaired) electrons. The van der Waals surface area contributed by atoms with Gasteiger partial charge in [0.2, 0.25) is 5.95 Å². The molecule has 1 aliphatic heterocycles. The van der Waals surface area contributed by atoms with Gasteiger partial charge in [0.1, 0.15) is 0 Å².